The number of halogens is 2. The monoisotopic (exact) mass is 468 g/mol. The third kappa shape index (κ3) is 3.95. The molecule has 5 rings (SSSR count). The normalized spacial score (nSPS) is 27.1. The first-order valence-electron chi connectivity index (χ1n) is 11.9. The SMILES string of the molecule is N#C[C@H](CC1CCCC1=O)NC(=O)[C@@H]1[C@H]2CCC[C@H]2CN1C(=O)c1cc2c(F)cc(F)cc2[nH]1. The molecule has 7 nitrogen and oxygen atoms in total. The van der Waals surface area contributed by atoms with E-state index in [1.54, 1.807) is 0 Å². The number of nitrogens with zero attached hydrogens (tertiary/aromatic N) is 2. The van der Waals surface area contributed by atoms with Crippen molar-refractivity contribution in [2.75, 3.05) is 6.54 Å². The van der Waals surface area contributed by atoms with Gasteiger partial charge in [-0.15, -0.1) is 0 Å². The van der Waals surface area contributed by atoms with E-state index in [4.69, 9.17) is 0 Å². The second kappa shape index (κ2) is 8.82. The minimum absolute atomic E-state index is 0.0186. The van der Waals surface area contributed by atoms with Crippen molar-refractivity contribution < 1.29 is 23.2 Å². The van der Waals surface area contributed by atoms with E-state index in [0.717, 1.165) is 44.2 Å². The summed E-state index contributed by atoms with van der Waals surface area (Å²) < 4.78 is 27.8. The highest BCUT2D eigenvalue weighted by atomic mass is 19.1. The van der Waals surface area contributed by atoms with Crippen LogP contribution in [-0.4, -0.2) is 46.1 Å². The summed E-state index contributed by atoms with van der Waals surface area (Å²) >= 11 is 0. The van der Waals surface area contributed by atoms with E-state index in [1.165, 1.54) is 11.0 Å². The number of hydrogen-bond donors (Lipinski definition) is 2. The number of rotatable bonds is 5. The number of nitriles is 1. The summed E-state index contributed by atoms with van der Waals surface area (Å²) in [7, 11) is 0. The van der Waals surface area contributed by atoms with Gasteiger partial charge in [0.25, 0.3) is 5.91 Å². The van der Waals surface area contributed by atoms with Crippen molar-refractivity contribution >= 4 is 28.5 Å². The lowest BCUT2D eigenvalue weighted by atomic mass is 9.92. The number of aromatic nitrogens is 1. The lowest BCUT2D eigenvalue weighted by Crippen LogP contribution is -2.51. The predicted molar refractivity (Wildman–Crippen MR) is 118 cm³/mol. The van der Waals surface area contributed by atoms with Crippen molar-refractivity contribution in [3.05, 3.63) is 35.5 Å². The minimum Gasteiger partial charge on any atom is -0.350 e. The Labute approximate surface area is 195 Å². The van der Waals surface area contributed by atoms with Crippen LogP contribution < -0.4 is 5.32 Å². The van der Waals surface area contributed by atoms with Gasteiger partial charge in [0.1, 0.15) is 35.2 Å². The number of amides is 2. The molecule has 1 aromatic heterocycles. The molecule has 1 aliphatic heterocycles. The molecule has 9 heteroatoms. The van der Waals surface area contributed by atoms with Crippen molar-refractivity contribution in [2.45, 2.75) is 57.0 Å². The van der Waals surface area contributed by atoms with Crippen LogP contribution in [0.1, 0.15) is 55.4 Å². The molecular weight excluding hydrogens is 442 g/mol. The molecule has 0 bridgehead atoms. The molecule has 2 amide bonds. The standard InChI is InChI=1S/C25H26F2N4O3/c26-15-8-19(27)18-10-21(30-20(18)9-15)25(34)31-12-14-4-1-5-17(14)23(31)24(33)29-16(11-28)7-13-3-2-6-22(13)32/h8-10,13-14,16-17,23,30H,1-7,12H2,(H,29,33)/t13?,14-,16-,17-,23-/m0/s1. The van der Waals surface area contributed by atoms with Gasteiger partial charge in [-0.3, -0.25) is 14.4 Å². The van der Waals surface area contributed by atoms with Crippen LogP contribution in [0.25, 0.3) is 10.9 Å². The fraction of sp³-hybridized carbons (Fsp3) is 0.520. The molecule has 0 spiro atoms. The zero-order chi connectivity index (χ0) is 24.0. The fourth-order valence-corrected chi connectivity index (χ4v) is 6.10. The third-order valence-electron chi connectivity index (χ3n) is 7.73. The van der Waals surface area contributed by atoms with Gasteiger partial charge >= 0.3 is 0 Å². The molecule has 1 saturated heterocycles. The third-order valence-corrected chi connectivity index (χ3v) is 7.73. The van der Waals surface area contributed by atoms with Crippen LogP contribution in [-0.2, 0) is 9.59 Å². The van der Waals surface area contributed by atoms with Gasteiger partial charge in [0.2, 0.25) is 5.91 Å². The van der Waals surface area contributed by atoms with Crippen molar-refractivity contribution in [3.8, 4) is 6.07 Å². The van der Waals surface area contributed by atoms with Crippen LogP contribution in [0.2, 0.25) is 0 Å². The van der Waals surface area contributed by atoms with E-state index < -0.39 is 35.5 Å². The molecule has 2 aromatic rings. The lowest BCUT2D eigenvalue weighted by molar-refractivity contribution is -0.127. The fourth-order valence-electron chi connectivity index (χ4n) is 6.10. The van der Waals surface area contributed by atoms with Crippen molar-refractivity contribution in [3.63, 3.8) is 0 Å². The van der Waals surface area contributed by atoms with E-state index in [1.807, 2.05) is 0 Å². The van der Waals surface area contributed by atoms with E-state index in [2.05, 4.69) is 16.4 Å². The first-order valence-corrected chi connectivity index (χ1v) is 11.9. The van der Waals surface area contributed by atoms with E-state index in [9.17, 15) is 28.4 Å². The molecule has 3 fully saturated rings. The Hall–Kier alpha value is -3.28. The van der Waals surface area contributed by atoms with Crippen LogP contribution in [0, 0.1) is 40.7 Å². The van der Waals surface area contributed by atoms with Gasteiger partial charge in [0, 0.05) is 30.3 Å². The largest absolute Gasteiger partial charge is 0.350 e. The second-order valence-electron chi connectivity index (χ2n) is 9.77. The smallest absolute Gasteiger partial charge is 0.271 e. The maximum absolute atomic E-state index is 14.2. The van der Waals surface area contributed by atoms with Crippen LogP contribution >= 0.6 is 0 Å². The summed E-state index contributed by atoms with van der Waals surface area (Å²) in [4.78, 5) is 43.1. The summed E-state index contributed by atoms with van der Waals surface area (Å²) in [6.45, 7) is 0.395. The number of Topliss-reactive ketones (excluding diaryl/α,β-unsaturated/α-hetero) is 1. The Balaban J connectivity index is 1.38. The highest BCUT2D eigenvalue weighted by Crippen LogP contribution is 2.43. The molecule has 5 atom stereocenters. The maximum Gasteiger partial charge on any atom is 0.271 e. The number of aromatic amines is 1. The van der Waals surface area contributed by atoms with Gasteiger partial charge in [-0.2, -0.15) is 5.26 Å². The molecule has 34 heavy (non-hydrogen) atoms. The van der Waals surface area contributed by atoms with Crippen LogP contribution in [0.3, 0.4) is 0 Å². The number of nitrogens with one attached hydrogen (secondary N) is 2. The summed E-state index contributed by atoms with van der Waals surface area (Å²) in [6.07, 6.45) is 5.00. The molecule has 2 heterocycles. The number of fused-ring (bicyclic) bond motifs is 2. The van der Waals surface area contributed by atoms with E-state index in [0.29, 0.717) is 13.0 Å². The molecule has 178 valence electrons. The van der Waals surface area contributed by atoms with Gasteiger partial charge in [-0.25, -0.2) is 8.78 Å². The number of benzene rings is 1. The first kappa shape index (κ1) is 22.5. The molecule has 0 radical (unpaired) electrons. The average molecular weight is 469 g/mol. The molecular formula is C25H26F2N4O3. The molecule has 1 aromatic carbocycles. The Kier molecular flexibility index (Phi) is 5.84. The summed E-state index contributed by atoms with van der Waals surface area (Å²) in [6, 6.07) is 3.78. The Morgan fingerprint density at radius 3 is 2.76 bits per heavy atom. The molecule has 1 unspecified atom stereocenters. The van der Waals surface area contributed by atoms with E-state index >= 15 is 0 Å². The summed E-state index contributed by atoms with van der Waals surface area (Å²) in [5, 5.41) is 12.5. The highest BCUT2D eigenvalue weighted by Gasteiger charge is 2.50. The highest BCUT2D eigenvalue weighted by molar-refractivity contribution is 6.01. The van der Waals surface area contributed by atoms with Crippen LogP contribution in [0.5, 0.6) is 0 Å². The number of carbonyl (C=O) groups is 3. The van der Waals surface area contributed by atoms with Gasteiger partial charge in [-0.05, 0) is 56.1 Å². The van der Waals surface area contributed by atoms with Gasteiger partial charge in [0.05, 0.1) is 11.6 Å². The summed E-state index contributed by atoms with van der Waals surface area (Å²) in [5.74, 6) is -2.29. The Morgan fingerprint density at radius 2 is 2.03 bits per heavy atom. The van der Waals surface area contributed by atoms with Gasteiger partial charge < -0.3 is 15.2 Å². The van der Waals surface area contributed by atoms with Gasteiger partial charge in [0.15, 0.2) is 0 Å². The van der Waals surface area contributed by atoms with Crippen molar-refractivity contribution in [2.24, 2.45) is 17.8 Å². The molecule has 3 aliphatic rings. The predicted octanol–water partition coefficient (Wildman–Crippen LogP) is 3.45. The lowest BCUT2D eigenvalue weighted by Gasteiger charge is -2.28. The van der Waals surface area contributed by atoms with Crippen LogP contribution in [0.4, 0.5) is 8.78 Å². The topological polar surface area (TPSA) is 106 Å². The zero-order valence-electron chi connectivity index (χ0n) is 18.7. The van der Waals surface area contributed by atoms with E-state index in [-0.39, 0.29) is 46.6 Å². The maximum atomic E-state index is 14.2. The summed E-state index contributed by atoms with van der Waals surface area (Å²) in [5.41, 5.74) is 0.262. The molecule has 2 aliphatic carbocycles. The first-order chi connectivity index (χ1) is 16.4. The number of ketones is 1. The van der Waals surface area contributed by atoms with Gasteiger partial charge in [-0.1, -0.05) is 6.42 Å². The number of carbonyl (C=O) groups excluding carboxylic acids is 3. The Morgan fingerprint density at radius 1 is 1.21 bits per heavy atom. The second-order valence-corrected chi connectivity index (χ2v) is 9.77. The van der Waals surface area contributed by atoms with Crippen LogP contribution in [0.15, 0.2) is 18.2 Å². The zero-order valence-corrected chi connectivity index (χ0v) is 18.7. The Bertz CT molecular complexity index is 1200. The van der Waals surface area contributed by atoms with Crippen molar-refractivity contribution in [1.82, 2.24) is 15.2 Å². The number of likely N-dealkylation sites (tertiary alicyclic amines) is 1. The molecule has 2 N–H and O–H groups in total. The number of H-pyrrole nitrogens is 1. The molecule has 2 saturated carbocycles. The number of hydrogen-bond acceptors (Lipinski definition) is 4. The minimum atomic E-state index is -0.804. The van der Waals surface area contributed by atoms with Crippen molar-refractivity contribution in [1.29, 1.82) is 5.26 Å². The average Bonchev–Trinajstić information content (AvgIpc) is 3.56. The quantitative estimate of drug-likeness (QED) is 0.701.